The van der Waals surface area contributed by atoms with Gasteiger partial charge in [0.15, 0.2) is 0 Å². The summed E-state index contributed by atoms with van der Waals surface area (Å²) in [6.45, 7) is 14.4. The Hall–Kier alpha value is -1.10. The third kappa shape index (κ3) is 5.48. The Kier molecular flexibility index (Phi) is 6.88. The van der Waals surface area contributed by atoms with Crippen molar-refractivity contribution in [3.8, 4) is 5.75 Å². The average Bonchev–Trinajstić information content (AvgIpc) is 2.54. The Bertz CT molecular complexity index is 496. The molecule has 0 bridgehead atoms. The Morgan fingerprint density at radius 2 is 1.87 bits per heavy atom. The number of aryl methyl sites for hydroxylation is 2. The van der Waals surface area contributed by atoms with Gasteiger partial charge in [-0.1, -0.05) is 13.8 Å². The second kappa shape index (κ2) is 8.67. The van der Waals surface area contributed by atoms with Crippen LogP contribution >= 0.6 is 0 Å². The van der Waals surface area contributed by atoms with Crippen molar-refractivity contribution < 1.29 is 9.84 Å². The molecule has 4 heteroatoms. The standard InChI is InChI=1S/C19H32N2O2/c1-14(2)13-23-19-12-15(3)17(11-16(19)4)18(22)5-8-21-9-6-20-7-10-21/h11-12,14,18,20,22H,5-10,13H2,1-4H3. The van der Waals surface area contributed by atoms with Gasteiger partial charge in [0.25, 0.3) is 0 Å². The fraction of sp³-hybridized carbons (Fsp3) is 0.684. The van der Waals surface area contributed by atoms with Crippen molar-refractivity contribution >= 4 is 0 Å². The van der Waals surface area contributed by atoms with Crippen molar-refractivity contribution in [3.63, 3.8) is 0 Å². The summed E-state index contributed by atoms with van der Waals surface area (Å²) >= 11 is 0. The van der Waals surface area contributed by atoms with Crippen LogP contribution in [0.1, 0.15) is 43.1 Å². The zero-order valence-corrected chi connectivity index (χ0v) is 15.1. The Morgan fingerprint density at radius 3 is 2.52 bits per heavy atom. The number of piperazine rings is 1. The van der Waals surface area contributed by atoms with Gasteiger partial charge in [-0.05, 0) is 55.0 Å². The fourth-order valence-electron chi connectivity index (χ4n) is 2.98. The minimum atomic E-state index is -0.400. The molecule has 1 aromatic rings. The van der Waals surface area contributed by atoms with E-state index in [-0.39, 0.29) is 0 Å². The van der Waals surface area contributed by atoms with Gasteiger partial charge in [-0.15, -0.1) is 0 Å². The normalized spacial score (nSPS) is 17.5. The number of nitrogens with one attached hydrogen (secondary N) is 1. The molecule has 130 valence electrons. The number of hydrogen-bond donors (Lipinski definition) is 2. The summed E-state index contributed by atoms with van der Waals surface area (Å²) in [7, 11) is 0. The van der Waals surface area contributed by atoms with Crippen LogP contribution in [-0.4, -0.2) is 49.3 Å². The van der Waals surface area contributed by atoms with E-state index in [1.54, 1.807) is 0 Å². The molecule has 1 fully saturated rings. The molecule has 1 atom stereocenters. The van der Waals surface area contributed by atoms with Crippen LogP contribution in [0.4, 0.5) is 0 Å². The first-order valence-corrected chi connectivity index (χ1v) is 8.82. The van der Waals surface area contributed by atoms with Crippen LogP contribution in [0.5, 0.6) is 5.75 Å². The summed E-state index contributed by atoms with van der Waals surface area (Å²) in [6.07, 6.45) is 0.384. The highest BCUT2D eigenvalue weighted by Crippen LogP contribution is 2.28. The van der Waals surface area contributed by atoms with Crippen molar-refractivity contribution in [2.24, 2.45) is 5.92 Å². The molecule has 1 aliphatic rings. The van der Waals surface area contributed by atoms with E-state index >= 15 is 0 Å². The molecular weight excluding hydrogens is 288 g/mol. The van der Waals surface area contributed by atoms with Crippen LogP contribution in [0.3, 0.4) is 0 Å². The summed E-state index contributed by atoms with van der Waals surface area (Å²) < 4.78 is 5.87. The molecule has 1 unspecified atom stereocenters. The van der Waals surface area contributed by atoms with E-state index < -0.39 is 6.10 Å². The third-order valence-corrected chi connectivity index (χ3v) is 4.42. The summed E-state index contributed by atoms with van der Waals surface area (Å²) in [5.41, 5.74) is 3.25. The van der Waals surface area contributed by atoms with Gasteiger partial charge in [-0.25, -0.2) is 0 Å². The van der Waals surface area contributed by atoms with Crippen LogP contribution in [0, 0.1) is 19.8 Å². The zero-order chi connectivity index (χ0) is 16.8. The SMILES string of the molecule is Cc1cc(C(O)CCN2CCNCC2)c(C)cc1OCC(C)C. The fourth-order valence-corrected chi connectivity index (χ4v) is 2.98. The van der Waals surface area contributed by atoms with E-state index in [2.05, 4.69) is 50.0 Å². The highest BCUT2D eigenvalue weighted by atomic mass is 16.5. The molecule has 0 saturated carbocycles. The maximum atomic E-state index is 10.6. The molecule has 0 radical (unpaired) electrons. The first-order chi connectivity index (χ1) is 11.0. The molecule has 1 aliphatic heterocycles. The lowest BCUT2D eigenvalue weighted by Crippen LogP contribution is -2.44. The predicted octanol–water partition coefficient (Wildman–Crippen LogP) is 2.67. The van der Waals surface area contributed by atoms with E-state index in [4.69, 9.17) is 4.74 Å². The summed E-state index contributed by atoms with van der Waals surface area (Å²) in [4.78, 5) is 2.42. The number of benzene rings is 1. The largest absolute Gasteiger partial charge is 0.493 e. The molecule has 2 N–H and O–H groups in total. The van der Waals surface area contributed by atoms with E-state index in [1.165, 1.54) is 0 Å². The monoisotopic (exact) mass is 320 g/mol. The minimum Gasteiger partial charge on any atom is -0.493 e. The van der Waals surface area contributed by atoms with Gasteiger partial charge in [0.1, 0.15) is 5.75 Å². The molecule has 0 spiro atoms. The molecule has 0 aliphatic carbocycles. The van der Waals surface area contributed by atoms with Gasteiger partial charge in [0, 0.05) is 32.7 Å². The highest BCUT2D eigenvalue weighted by molar-refractivity contribution is 5.42. The zero-order valence-electron chi connectivity index (χ0n) is 15.1. The predicted molar refractivity (Wildman–Crippen MR) is 95.1 cm³/mol. The van der Waals surface area contributed by atoms with Crippen molar-refractivity contribution in [1.82, 2.24) is 10.2 Å². The van der Waals surface area contributed by atoms with Gasteiger partial charge in [0.05, 0.1) is 12.7 Å². The Balaban J connectivity index is 1.96. The number of ether oxygens (including phenoxy) is 1. The summed E-state index contributed by atoms with van der Waals surface area (Å²) in [5.74, 6) is 1.45. The van der Waals surface area contributed by atoms with Gasteiger partial charge >= 0.3 is 0 Å². The van der Waals surface area contributed by atoms with Gasteiger partial charge in [0.2, 0.25) is 0 Å². The topological polar surface area (TPSA) is 44.7 Å². The average molecular weight is 320 g/mol. The molecular formula is C19H32N2O2. The molecule has 1 heterocycles. The van der Waals surface area contributed by atoms with Gasteiger partial charge in [-0.2, -0.15) is 0 Å². The molecule has 4 nitrogen and oxygen atoms in total. The Morgan fingerprint density at radius 1 is 1.17 bits per heavy atom. The van der Waals surface area contributed by atoms with E-state index in [0.717, 1.165) is 68.2 Å². The van der Waals surface area contributed by atoms with Crippen LogP contribution < -0.4 is 10.1 Å². The van der Waals surface area contributed by atoms with E-state index in [1.807, 2.05) is 0 Å². The molecule has 1 saturated heterocycles. The van der Waals surface area contributed by atoms with Gasteiger partial charge in [-0.3, -0.25) is 0 Å². The lowest BCUT2D eigenvalue weighted by Gasteiger charge is -2.28. The number of hydrogen-bond acceptors (Lipinski definition) is 4. The van der Waals surface area contributed by atoms with Crippen LogP contribution in [0.25, 0.3) is 0 Å². The molecule has 0 aromatic heterocycles. The molecule has 2 rings (SSSR count). The third-order valence-electron chi connectivity index (χ3n) is 4.42. The van der Waals surface area contributed by atoms with Crippen LogP contribution in [0.2, 0.25) is 0 Å². The van der Waals surface area contributed by atoms with Crippen molar-refractivity contribution in [1.29, 1.82) is 0 Å². The molecule has 23 heavy (non-hydrogen) atoms. The first kappa shape index (κ1) is 18.2. The summed E-state index contributed by atoms with van der Waals surface area (Å²) in [5, 5.41) is 13.9. The van der Waals surface area contributed by atoms with Crippen molar-refractivity contribution in [2.75, 3.05) is 39.3 Å². The van der Waals surface area contributed by atoms with E-state index in [9.17, 15) is 5.11 Å². The van der Waals surface area contributed by atoms with E-state index in [0.29, 0.717) is 5.92 Å². The van der Waals surface area contributed by atoms with Crippen LogP contribution in [0.15, 0.2) is 12.1 Å². The molecule has 0 amide bonds. The second-order valence-electron chi connectivity index (χ2n) is 7.08. The van der Waals surface area contributed by atoms with Crippen molar-refractivity contribution in [2.45, 2.75) is 40.2 Å². The Labute approximate surface area is 140 Å². The maximum Gasteiger partial charge on any atom is 0.122 e. The lowest BCUT2D eigenvalue weighted by atomic mass is 9.98. The number of aliphatic hydroxyl groups is 1. The van der Waals surface area contributed by atoms with Crippen LogP contribution in [-0.2, 0) is 0 Å². The van der Waals surface area contributed by atoms with Gasteiger partial charge < -0.3 is 20.1 Å². The number of rotatable bonds is 7. The lowest BCUT2D eigenvalue weighted by molar-refractivity contribution is 0.136. The summed E-state index contributed by atoms with van der Waals surface area (Å²) in [6, 6.07) is 4.16. The quantitative estimate of drug-likeness (QED) is 0.811. The smallest absolute Gasteiger partial charge is 0.122 e. The number of aliphatic hydroxyl groups excluding tert-OH is 1. The first-order valence-electron chi connectivity index (χ1n) is 8.82. The molecule has 1 aromatic carbocycles. The second-order valence-corrected chi connectivity index (χ2v) is 7.08. The maximum absolute atomic E-state index is 10.6. The highest BCUT2D eigenvalue weighted by Gasteiger charge is 2.16. The minimum absolute atomic E-state index is 0.400. The van der Waals surface area contributed by atoms with Crippen molar-refractivity contribution in [3.05, 3.63) is 28.8 Å². The number of nitrogens with zero attached hydrogens (tertiary/aromatic N) is 1.